The quantitative estimate of drug-likeness (QED) is 0.347. The van der Waals surface area contributed by atoms with Crippen LogP contribution in [0.5, 0.6) is 0 Å². The van der Waals surface area contributed by atoms with Crippen LogP contribution in [0.15, 0.2) is 24.4 Å². The molecule has 14 nitrogen and oxygen atoms in total. The number of nitrogens with zero attached hydrogens (tertiary/aromatic N) is 4. The smallest absolute Gasteiger partial charge is 0.272 e. The average molecular weight is 662 g/mol. The fourth-order valence-corrected chi connectivity index (χ4v) is 6.80. The van der Waals surface area contributed by atoms with E-state index in [-0.39, 0.29) is 36.9 Å². The number of sulfonamides is 1. The van der Waals surface area contributed by atoms with Gasteiger partial charge in [-0.2, -0.15) is 5.10 Å². The van der Waals surface area contributed by atoms with Crippen LogP contribution >= 0.6 is 0 Å². The van der Waals surface area contributed by atoms with Gasteiger partial charge in [0.05, 0.1) is 4.75 Å². The highest BCUT2D eigenvalue weighted by molar-refractivity contribution is 7.91. The van der Waals surface area contributed by atoms with Crippen molar-refractivity contribution in [3.63, 3.8) is 0 Å². The summed E-state index contributed by atoms with van der Waals surface area (Å²) in [5, 5.41) is 9.84. The molecule has 0 radical (unpaired) electrons. The van der Waals surface area contributed by atoms with Gasteiger partial charge in [0.1, 0.15) is 29.9 Å². The summed E-state index contributed by atoms with van der Waals surface area (Å²) >= 11 is 0. The molecule has 5 amide bonds. The Hall–Kier alpha value is -3.75. The number of allylic oxidation sites excluding steroid dienone is 1. The monoisotopic (exact) mass is 661 g/mol. The SMILES string of the molecule is CCC(C)(C)S(=O)(=O)NC(=O)[C@@]12CC1/C=C\CCCCC[C@H](NC(=O)c1ccn(CC(=O)N(C)C)n1)C(=O)N1CCCC1C(=O)N2. The molecular weight excluding hydrogens is 614 g/mol. The predicted octanol–water partition coefficient (Wildman–Crippen LogP) is 1.09. The zero-order chi connectivity index (χ0) is 33.9. The van der Waals surface area contributed by atoms with E-state index < -0.39 is 56.0 Å². The number of carbonyl (C=O) groups is 5. The minimum atomic E-state index is -4.03. The predicted molar refractivity (Wildman–Crippen MR) is 170 cm³/mol. The van der Waals surface area contributed by atoms with Gasteiger partial charge in [0.15, 0.2) is 0 Å². The third-order valence-electron chi connectivity index (χ3n) is 9.42. The summed E-state index contributed by atoms with van der Waals surface area (Å²) in [5.74, 6) is -2.86. The van der Waals surface area contributed by atoms with Crippen LogP contribution < -0.4 is 15.4 Å². The van der Waals surface area contributed by atoms with Crippen molar-refractivity contribution in [3.05, 3.63) is 30.1 Å². The van der Waals surface area contributed by atoms with E-state index in [1.165, 1.54) is 40.6 Å². The van der Waals surface area contributed by atoms with Gasteiger partial charge in [-0.1, -0.05) is 31.9 Å². The van der Waals surface area contributed by atoms with Crippen molar-refractivity contribution in [3.8, 4) is 0 Å². The summed E-state index contributed by atoms with van der Waals surface area (Å²) in [5.41, 5.74) is -1.38. The van der Waals surface area contributed by atoms with Gasteiger partial charge in [-0.05, 0) is 64.9 Å². The summed E-state index contributed by atoms with van der Waals surface area (Å²) in [6.07, 6.45) is 10.1. The second-order valence-corrected chi connectivity index (χ2v) is 15.6. The summed E-state index contributed by atoms with van der Waals surface area (Å²) < 4.78 is 28.4. The van der Waals surface area contributed by atoms with Gasteiger partial charge in [-0.3, -0.25) is 33.4 Å². The van der Waals surface area contributed by atoms with Crippen molar-refractivity contribution in [2.75, 3.05) is 20.6 Å². The molecule has 4 atom stereocenters. The van der Waals surface area contributed by atoms with Crippen LogP contribution in [-0.2, 0) is 35.7 Å². The minimum absolute atomic E-state index is 0.0374. The molecule has 1 saturated carbocycles. The molecule has 1 saturated heterocycles. The zero-order valence-electron chi connectivity index (χ0n) is 27.4. The van der Waals surface area contributed by atoms with Crippen LogP contribution in [0.4, 0.5) is 0 Å². The van der Waals surface area contributed by atoms with Crippen LogP contribution in [0.25, 0.3) is 0 Å². The number of rotatable bonds is 8. The van der Waals surface area contributed by atoms with E-state index in [4.69, 9.17) is 0 Å². The van der Waals surface area contributed by atoms with Crippen molar-refractivity contribution in [2.45, 2.75) is 107 Å². The molecule has 2 unspecified atom stereocenters. The average Bonchev–Trinajstić information content (AvgIpc) is 3.31. The highest BCUT2D eigenvalue weighted by Crippen LogP contribution is 2.46. The largest absolute Gasteiger partial charge is 0.347 e. The maximum atomic E-state index is 13.9. The fourth-order valence-electron chi connectivity index (χ4n) is 5.72. The van der Waals surface area contributed by atoms with E-state index in [9.17, 15) is 32.4 Å². The van der Waals surface area contributed by atoms with Gasteiger partial charge in [0.25, 0.3) is 11.8 Å². The fraction of sp³-hybridized carbons (Fsp3) is 0.677. The number of amides is 5. The van der Waals surface area contributed by atoms with Crippen LogP contribution in [0.2, 0.25) is 0 Å². The molecule has 15 heteroatoms. The maximum absolute atomic E-state index is 13.9. The molecule has 46 heavy (non-hydrogen) atoms. The van der Waals surface area contributed by atoms with Crippen molar-refractivity contribution in [1.29, 1.82) is 0 Å². The Labute approximate surface area is 270 Å². The molecule has 0 aromatic carbocycles. The van der Waals surface area contributed by atoms with Crippen molar-refractivity contribution < 1.29 is 32.4 Å². The number of carbonyl (C=O) groups excluding carboxylic acids is 5. The Morgan fingerprint density at radius 3 is 2.57 bits per heavy atom. The van der Waals surface area contributed by atoms with Crippen LogP contribution in [0.3, 0.4) is 0 Å². The summed E-state index contributed by atoms with van der Waals surface area (Å²) in [7, 11) is -0.788. The van der Waals surface area contributed by atoms with E-state index in [0.717, 1.165) is 12.8 Å². The molecule has 1 aromatic heterocycles. The van der Waals surface area contributed by atoms with Crippen LogP contribution in [0, 0.1) is 5.92 Å². The molecule has 254 valence electrons. The van der Waals surface area contributed by atoms with Crippen molar-refractivity contribution >= 4 is 39.6 Å². The number of likely N-dealkylation sites (N-methyl/N-ethyl adjacent to an activating group) is 1. The number of hydrogen-bond acceptors (Lipinski definition) is 8. The van der Waals surface area contributed by atoms with Crippen LogP contribution in [-0.4, -0.2) is 101 Å². The molecule has 3 heterocycles. The third-order valence-corrected chi connectivity index (χ3v) is 11.6. The van der Waals surface area contributed by atoms with E-state index in [2.05, 4.69) is 20.5 Å². The Kier molecular flexibility index (Phi) is 10.6. The minimum Gasteiger partial charge on any atom is -0.347 e. The third kappa shape index (κ3) is 7.61. The Bertz CT molecular complexity index is 1490. The van der Waals surface area contributed by atoms with E-state index in [0.29, 0.717) is 38.6 Å². The molecule has 0 bridgehead atoms. The normalized spacial score (nSPS) is 26.5. The highest BCUT2D eigenvalue weighted by atomic mass is 32.2. The van der Waals surface area contributed by atoms with Crippen molar-refractivity contribution in [2.24, 2.45) is 5.92 Å². The van der Waals surface area contributed by atoms with Gasteiger partial charge in [0, 0.05) is 32.8 Å². The molecule has 1 aromatic rings. The second kappa shape index (κ2) is 13.9. The van der Waals surface area contributed by atoms with Gasteiger partial charge in [-0.15, -0.1) is 0 Å². The van der Waals surface area contributed by atoms with Gasteiger partial charge in [0.2, 0.25) is 27.7 Å². The first-order valence-electron chi connectivity index (χ1n) is 16.0. The first-order chi connectivity index (χ1) is 21.6. The molecule has 1 aliphatic carbocycles. The van der Waals surface area contributed by atoms with E-state index >= 15 is 0 Å². The zero-order valence-corrected chi connectivity index (χ0v) is 28.2. The first-order valence-corrected chi connectivity index (χ1v) is 17.5. The lowest BCUT2D eigenvalue weighted by Gasteiger charge is -2.30. The Balaban J connectivity index is 1.53. The molecule has 0 spiro atoms. The molecule has 3 aliphatic rings. The molecule has 2 fully saturated rings. The first kappa shape index (κ1) is 35.1. The lowest BCUT2D eigenvalue weighted by molar-refractivity contribution is -0.141. The van der Waals surface area contributed by atoms with E-state index in [1.54, 1.807) is 21.0 Å². The summed E-state index contributed by atoms with van der Waals surface area (Å²) in [6.45, 7) is 5.05. The van der Waals surface area contributed by atoms with E-state index in [1.807, 2.05) is 12.2 Å². The van der Waals surface area contributed by atoms with Gasteiger partial charge < -0.3 is 20.4 Å². The molecular formula is C31H47N7O7S. The Morgan fingerprint density at radius 2 is 1.87 bits per heavy atom. The standard InChI is InChI=1S/C31H47N7O7S/c1-6-30(2,3)46(44,45)35-29(43)31-19-21(31)13-10-8-7-9-11-14-23(28(42)38-17-12-15-24(38)27(41)33-31)32-26(40)22-16-18-37(34-22)20-25(39)36(4)5/h10,13,16,18,21,23-24H,6-9,11-12,14-15,17,19-20H2,1-5H3,(H,32,40)(H,33,41)(H,35,43)/b13-10-/t21?,23-,24?,31+/m0/s1. The second-order valence-electron chi connectivity index (χ2n) is 13.3. The van der Waals surface area contributed by atoms with Crippen molar-refractivity contribution in [1.82, 2.24) is 34.9 Å². The number of hydrogen-bond donors (Lipinski definition) is 3. The lowest BCUT2D eigenvalue weighted by atomic mass is 10.0. The summed E-state index contributed by atoms with van der Waals surface area (Å²) in [4.78, 5) is 69.3. The lowest BCUT2D eigenvalue weighted by Crippen LogP contribution is -2.59. The molecule has 4 rings (SSSR count). The molecule has 2 aliphatic heterocycles. The molecule has 3 N–H and O–H groups in total. The van der Waals surface area contributed by atoms with Gasteiger partial charge >= 0.3 is 0 Å². The highest BCUT2D eigenvalue weighted by Gasteiger charge is 2.61. The maximum Gasteiger partial charge on any atom is 0.272 e. The topological polar surface area (TPSA) is 180 Å². The van der Waals surface area contributed by atoms with Crippen LogP contribution in [0.1, 0.15) is 89.0 Å². The van der Waals surface area contributed by atoms with Gasteiger partial charge in [-0.25, -0.2) is 8.42 Å². The number of nitrogens with one attached hydrogen (secondary N) is 3. The number of aromatic nitrogens is 2. The Morgan fingerprint density at radius 1 is 1.13 bits per heavy atom. The summed E-state index contributed by atoms with van der Waals surface area (Å²) in [6, 6.07) is -0.319. The number of fused-ring (bicyclic) bond motifs is 2.